The lowest BCUT2D eigenvalue weighted by Gasteiger charge is -2.34. The number of hydrogen-bond acceptors (Lipinski definition) is 1. The van der Waals surface area contributed by atoms with Crippen LogP contribution in [-0.4, -0.2) is 17.3 Å². The number of hydrogen-bond donors (Lipinski definition) is 1. The number of allylic oxidation sites excluding steroid dienone is 1. The Bertz CT molecular complexity index is 320. The van der Waals surface area contributed by atoms with Gasteiger partial charge in [0.1, 0.15) is 5.38 Å². The molecular formula is C14H24ClNO. The van der Waals surface area contributed by atoms with Gasteiger partial charge in [-0.1, -0.05) is 26.8 Å². The van der Waals surface area contributed by atoms with Crippen LogP contribution >= 0.6 is 11.6 Å². The minimum atomic E-state index is -0.514. The molecule has 0 spiro atoms. The number of carbonyl (C=O) groups is 1. The van der Waals surface area contributed by atoms with Crippen molar-refractivity contribution in [2.45, 2.75) is 58.9 Å². The van der Waals surface area contributed by atoms with Gasteiger partial charge in [-0.3, -0.25) is 4.79 Å². The van der Waals surface area contributed by atoms with E-state index in [-0.39, 0.29) is 17.4 Å². The highest BCUT2D eigenvalue weighted by Crippen LogP contribution is 2.40. The topological polar surface area (TPSA) is 29.1 Å². The highest BCUT2D eigenvalue weighted by atomic mass is 35.5. The van der Waals surface area contributed by atoms with Crippen LogP contribution < -0.4 is 5.32 Å². The third-order valence-electron chi connectivity index (χ3n) is 3.04. The van der Waals surface area contributed by atoms with E-state index in [4.69, 9.17) is 11.6 Å². The fraction of sp³-hybridized carbons (Fsp3) is 0.786. The molecule has 0 aromatic rings. The summed E-state index contributed by atoms with van der Waals surface area (Å²) in [5.41, 5.74) is 1.32. The highest BCUT2D eigenvalue weighted by Gasteiger charge is 2.31. The molecule has 0 radical (unpaired) electrons. The first kappa shape index (κ1) is 14.6. The molecule has 2 atom stereocenters. The molecular weight excluding hydrogens is 234 g/mol. The lowest BCUT2D eigenvalue weighted by molar-refractivity contribution is -0.120. The Hall–Kier alpha value is -0.500. The van der Waals surface area contributed by atoms with E-state index in [1.54, 1.807) is 0 Å². The van der Waals surface area contributed by atoms with E-state index in [1.807, 2.05) is 13.8 Å². The van der Waals surface area contributed by atoms with Crippen molar-refractivity contribution < 1.29 is 4.79 Å². The van der Waals surface area contributed by atoms with Crippen LogP contribution in [0.1, 0.15) is 47.5 Å². The fourth-order valence-electron chi connectivity index (χ4n) is 2.68. The molecule has 2 nitrogen and oxygen atoms in total. The Morgan fingerprint density at radius 3 is 2.59 bits per heavy atom. The van der Waals surface area contributed by atoms with Gasteiger partial charge < -0.3 is 5.32 Å². The van der Waals surface area contributed by atoms with Crippen LogP contribution in [0.4, 0.5) is 0 Å². The monoisotopic (exact) mass is 257 g/mol. The molecule has 17 heavy (non-hydrogen) atoms. The molecule has 0 bridgehead atoms. The number of rotatable bonds is 3. The van der Waals surface area contributed by atoms with Crippen molar-refractivity contribution in [2.24, 2.45) is 11.3 Å². The number of nitrogens with one attached hydrogen (secondary N) is 1. The molecule has 0 aromatic heterocycles. The van der Waals surface area contributed by atoms with Crippen molar-refractivity contribution in [1.82, 2.24) is 5.32 Å². The van der Waals surface area contributed by atoms with Crippen LogP contribution in [0.25, 0.3) is 0 Å². The predicted molar refractivity (Wildman–Crippen MR) is 73.2 cm³/mol. The summed E-state index contributed by atoms with van der Waals surface area (Å²) in [7, 11) is 0. The van der Waals surface area contributed by atoms with Gasteiger partial charge in [-0.25, -0.2) is 0 Å². The first-order valence-electron chi connectivity index (χ1n) is 6.36. The van der Waals surface area contributed by atoms with Gasteiger partial charge in [-0.2, -0.15) is 0 Å². The normalized spacial score (nSPS) is 25.4. The van der Waals surface area contributed by atoms with E-state index >= 15 is 0 Å². The highest BCUT2D eigenvalue weighted by molar-refractivity contribution is 6.32. The third kappa shape index (κ3) is 4.34. The Morgan fingerprint density at radius 2 is 2.12 bits per heavy atom. The first-order chi connectivity index (χ1) is 7.71. The molecule has 0 heterocycles. The third-order valence-corrected chi connectivity index (χ3v) is 3.52. The summed E-state index contributed by atoms with van der Waals surface area (Å²) in [6.07, 6.45) is 4.24. The molecule has 1 aliphatic rings. The van der Waals surface area contributed by atoms with Crippen LogP contribution in [-0.2, 0) is 4.79 Å². The number of halogens is 1. The van der Waals surface area contributed by atoms with Crippen molar-refractivity contribution in [3.05, 3.63) is 11.6 Å². The molecule has 1 amide bonds. The predicted octanol–water partition coefficient (Wildman–Crippen LogP) is 3.50. The van der Waals surface area contributed by atoms with Gasteiger partial charge in [-0.05, 0) is 43.6 Å². The zero-order valence-electron chi connectivity index (χ0n) is 11.5. The molecule has 0 aliphatic heterocycles. The maximum absolute atomic E-state index is 11.9. The largest absolute Gasteiger partial charge is 0.352 e. The van der Waals surface area contributed by atoms with E-state index in [0.717, 1.165) is 18.4 Å². The zero-order valence-corrected chi connectivity index (χ0v) is 12.3. The summed E-state index contributed by atoms with van der Waals surface area (Å²) in [6.45, 7) is 10.6. The average molecular weight is 258 g/mol. The van der Waals surface area contributed by atoms with Crippen LogP contribution in [0.3, 0.4) is 0 Å². The summed E-state index contributed by atoms with van der Waals surface area (Å²) >= 11 is 6.27. The number of amides is 1. The minimum Gasteiger partial charge on any atom is -0.352 e. The zero-order chi connectivity index (χ0) is 13.2. The summed E-state index contributed by atoms with van der Waals surface area (Å²) in [6, 6.07) is 0.137. The Kier molecular flexibility index (Phi) is 4.65. The maximum atomic E-state index is 11.9. The number of carbonyl (C=O) groups excluding carboxylic acids is 1. The van der Waals surface area contributed by atoms with E-state index in [9.17, 15) is 4.79 Å². The quantitative estimate of drug-likeness (QED) is 0.609. The van der Waals surface area contributed by atoms with Gasteiger partial charge in [0.05, 0.1) is 0 Å². The fourth-order valence-corrected chi connectivity index (χ4v) is 2.89. The van der Waals surface area contributed by atoms with Crippen LogP contribution in [0, 0.1) is 11.3 Å². The molecule has 98 valence electrons. The second-order valence-corrected chi connectivity index (χ2v) is 6.73. The van der Waals surface area contributed by atoms with Gasteiger partial charge >= 0.3 is 0 Å². The van der Waals surface area contributed by atoms with Crippen molar-refractivity contribution in [3.8, 4) is 0 Å². The second-order valence-electron chi connectivity index (χ2n) is 6.29. The van der Waals surface area contributed by atoms with Gasteiger partial charge in [0, 0.05) is 6.04 Å². The Morgan fingerprint density at radius 1 is 1.53 bits per heavy atom. The standard InChI is InChI=1S/C14H24ClNO/c1-9(2)16-13(17)12(15)11-6-10(3)7-14(4,5)8-11/h6,9-10,12H,7-8H2,1-5H3,(H,16,17). The lowest BCUT2D eigenvalue weighted by atomic mass is 9.72. The SMILES string of the molecule is CC1C=C(C(Cl)C(=O)NC(C)C)CC(C)(C)C1. The number of alkyl halides is 1. The molecule has 3 heteroatoms. The average Bonchev–Trinajstić information content (AvgIpc) is 2.12. The van der Waals surface area contributed by atoms with Crippen molar-refractivity contribution in [1.29, 1.82) is 0 Å². The van der Waals surface area contributed by atoms with Crippen LogP contribution in [0.15, 0.2) is 11.6 Å². The Balaban J connectivity index is 2.75. The second kappa shape index (κ2) is 5.43. The maximum Gasteiger partial charge on any atom is 0.242 e. The van der Waals surface area contributed by atoms with Crippen molar-refractivity contribution in [3.63, 3.8) is 0 Å². The van der Waals surface area contributed by atoms with Crippen LogP contribution in [0.2, 0.25) is 0 Å². The lowest BCUT2D eigenvalue weighted by Crippen LogP contribution is -2.38. The van der Waals surface area contributed by atoms with E-state index < -0.39 is 5.38 Å². The molecule has 1 rings (SSSR count). The van der Waals surface area contributed by atoms with Crippen LogP contribution in [0.5, 0.6) is 0 Å². The van der Waals surface area contributed by atoms with Crippen molar-refractivity contribution >= 4 is 17.5 Å². The molecule has 1 N–H and O–H groups in total. The molecule has 0 saturated carbocycles. The summed E-state index contributed by atoms with van der Waals surface area (Å²) < 4.78 is 0. The molecule has 0 saturated heterocycles. The molecule has 0 aromatic carbocycles. The summed E-state index contributed by atoms with van der Waals surface area (Å²) in [4.78, 5) is 11.9. The molecule has 2 unspecified atom stereocenters. The van der Waals surface area contributed by atoms with E-state index in [2.05, 4.69) is 32.2 Å². The summed E-state index contributed by atoms with van der Waals surface area (Å²) in [5.74, 6) is 0.430. The minimum absolute atomic E-state index is 0.0715. The first-order valence-corrected chi connectivity index (χ1v) is 6.80. The molecule has 1 aliphatic carbocycles. The van der Waals surface area contributed by atoms with Crippen molar-refractivity contribution in [2.75, 3.05) is 0 Å². The molecule has 0 fully saturated rings. The van der Waals surface area contributed by atoms with E-state index in [1.165, 1.54) is 0 Å². The Labute approximate surface area is 110 Å². The van der Waals surface area contributed by atoms with Gasteiger partial charge in [0.15, 0.2) is 0 Å². The van der Waals surface area contributed by atoms with Gasteiger partial charge in [-0.15, -0.1) is 11.6 Å². The smallest absolute Gasteiger partial charge is 0.242 e. The summed E-state index contributed by atoms with van der Waals surface area (Å²) in [5, 5.41) is 2.36. The van der Waals surface area contributed by atoms with E-state index in [0.29, 0.717) is 5.92 Å². The van der Waals surface area contributed by atoms with Gasteiger partial charge in [0.25, 0.3) is 0 Å². The van der Waals surface area contributed by atoms with Gasteiger partial charge in [0.2, 0.25) is 5.91 Å².